The minimum absolute atomic E-state index is 0.0560. The molecule has 2 nitrogen and oxygen atoms in total. The fourth-order valence-corrected chi connectivity index (χ4v) is 7.24. The first-order chi connectivity index (χ1) is 12.6. The average molecular weight is 404 g/mol. The third-order valence-electron chi connectivity index (χ3n) is 5.24. The minimum atomic E-state index is -0.431. The van der Waals surface area contributed by atoms with Crippen molar-refractivity contribution in [2.75, 3.05) is 0 Å². The second kappa shape index (κ2) is 5.57. The van der Waals surface area contributed by atoms with E-state index in [9.17, 15) is 0 Å². The molecule has 1 aliphatic heterocycles. The summed E-state index contributed by atoms with van der Waals surface area (Å²) < 4.78 is 0.679. The fraction of sp³-hybridized carbons (Fsp3) is 0.174. The topological polar surface area (TPSA) is 21.6 Å². The molecular weight excluding hydrogens is 385 g/mol. The van der Waals surface area contributed by atoms with Crippen molar-refractivity contribution in [1.82, 2.24) is 0 Å². The average Bonchev–Trinajstić information content (AvgIpc) is 3.17. The van der Waals surface area contributed by atoms with Gasteiger partial charge in [0.25, 0.3) is 0 Å². The summed E-state index contributed by atoms with van der Waals surface area (Å²) in [4.78, 5) is 6.28. The number of hydrogen-bond donors (Lipinski definition) is 0. The number of benzene rings is 3. The summed E-state index contributed by atoms with van der Waals surface area (Å²) in [7, 11) is 0. The molecule has 5 rings (SSSR count). The van der Waals surface area contributed by atoms with Crippen LogP contribution in [0.4, 0.5) is 0 Å². The van der Waals surface area contributed by atoms with Gasteiger partial charge >= 0.3 is 160 Å². The second-order valence-corrected chi connectivity index (χ2v) is 9.52. The van der Waals surface area contributed by atoms with Crippen molar-refractivity contribution in [2.45, 2.75) is 25.3 Å². The summed E-state index contributed by atoms with van der Waals surface area (Å²) in [5.74, 6) is 0. The van der Waals surface area contributed by atoms with Gasteiger partial charge in [0.05, 0.1) is 0 Å². The van der Waals surface area contributed by atoms with Crippen molar-refractivity contribution in [1.29, 1.82) is 0 Å². The van der Waals surface area contributed by atoms with E-state index in [1.165, 1.54) is 44.5 Å². The molecule has 0 bridgehead atoms. The summed E-state index contributed by atoms with van der Waals surface area (Å²) in [6.07, 6.45) is 0. The Labute approximate surface area is 160 Å². The van der Waals surface area contributed by atoms with E-state index in [-0.39, 0.29) is 15.0 Å². The predicted molar refractivity (Wildman–Crippen MR) is 107 cm³/mol. The molecule has 0 aromatic heterocycles. The van der Waals surface area contributed by atoms with Crippen LogP contribution in [0.3, 0.4) is 0 Å². The van der Waals surface area contributed by atoms with Gasteiger partial charge in [-0.15, -0.1) is 0 Å². The molecule has 3 aromatic carbocycles. The van der Waals surface area contributed by atoms with Crippen molar-refractivity contribution in [3.8, 4) is 11.1 Å². The van der Waals surface area contributed by atoms with E-state index in [1.807, 2.05) is 0 Å². The third-order valence-corrected chi connectivity index (χ3v) is 7.91. The molecule has 3 heteroatoms. The Morgan fingerprint density at radius 2 is 1.35 bits per heavy atom. The zero-order chi connectivity index (χ0) is 17.9. The van der Waals surface area contributed by atoms with Crippen LogP contribution < -0.4 is 0 Å². The van der Waals surface area contributed by atoms with Gasteiger partial charge in [-0.25, -0.2) is 0 Å². The molecule has 0 saturated heterocycles. The van der Waals surface area contributed by atoms with Crippen LogP contribution in [-0.2, 0) is 9.34 Å². The van der Waals surface area contributed by atoms with Gasteiger partial charge < -0.3 is 0 Å². The Hall–Kier alpha value is -2.35. The Balaban J connectivity index is 1.66. The molecule has 0 saturated carbocycles. The van der Waals surface area contributed by atoms with Crippen molar-refractivity contribution in [2.24, 2.45) is 5.16 Å². The Bertz CT molecular complexity index is 1010. The van der Waals surface area contributed by atoms with Crippen LogP contribution in [0.5, 0.6) is 0 Å². The molecule has 128 valence electrons. The van der Waals surface area contributed by atoms with Gasteiger partial charge in [0.15, 0.2) is 0 Å². The van der Waals surface area contributed by atoms with Gasteiger partial charge in [-0.1, -0.05) is 0 Å². The van der Waals surface area contributed by atoms with E-state index in [2.05, 4.69) is 86.6 Å². The number of aryl methyl sites for hydroxylation is 3. The molecule has 0 unspecified atom stereocenters. The van der Waals surface area contributed by atoms with Crippen LogP contribution in [0, 0.1) is 20.8 Å². The number of hydrogen-bond acceptors (Lipinski definition) is 2. The first-order valence-electron chi connectivity index (χ1n) is 8.83. The van der Waals surface area contributed by atoms with Gasteiger partial charge in [-0.3, -0.25) is 0 Å². The van der Waals surface area contributed by atoms with Crippen molar-refractivity contribution in [3.05, 3.63) is 94.0 Å². The third kappa shape index (κ3) is 2.08. The van der Waals surface area contributed by atoms with Crippen LogP contribution in [0.2, 0.25) is 0 Å². The summed E-state index contributed by atoms with van der Waals surface area (Å²) in [5.41, 5.74) is 10.2. The van der Waals surface area contributed by atoms with Gasteiger partial charge in [0, 0.05) is 0 Å². The number of rotatable bonds is 1. The van der Waals surface area contributed by atoms with Gasteiger partial charge in [-0.2, -0.15) is 0 Å². The normalized spacial score (nSPS) is 16.2. The molecule has 1 aliphatic carbocycles. The van der Waals surface area contributed by atoms with Crippen LogP contribution in [-0.4, -0.2) is 19.6 Å². The number of fused-ring (bicyclic) bond motifs is 5. The molecule has 0 fully saturated rings. The zero-order valence-corrected chi connectivity index (χ0v) is 16.8. The first kappa shape index (κ1) is 15.9. The Morgan fingerprint density at radius 3 is 1.92 bits per heavy atom. The molecular formula is C23H19NOSe. The Kier molecular flexibility index (Phi) is 3.40. The van der Waals surface area contributed by atoms with E-state index in [4.69, 9.17) is 4.84 Å². The summed E-state index contributed by atoms with van der Waals surface area (Å²) in [6, 6.07) is 21.7. The molecule has 0 radical (unpaired) electrons. The molecule has 26 heavy (non-hydrogen) atoms. The predicted octanol–water partition coefficient (Wildman–Crippen LogP) is 4.89. The molecule has 1 heterocycles. The van der Waals surface area contributed by atoms with Crippen molar-refractivity contribution in [3.63, 3.8) is 0 Å². The van der Waals surface area contributed by atoms with Gasteiger partial charge in [-0.05, 0) is 0 Å². The molecule has 3 aromatic rings. The van der Waals surface area contributed by atoms with Crippen LogP contribution in [0.15, 0.2) is 65.8 Å². The number of nitrogens with zero attached hydrogens (tertiary/aromatic N) is 1. The molecule has 0 amide bonds. The monoisotopic (exact) mass is 405 g/mol. The maximum atomic E-state index is 6.28. The maximum absolute atomic E-state index is 6.28. The van der Waals surface area contributed by atoms with Crippen molar-refractivity contribution >= 4 is 19.6 Å². The van der Waals surface area contributed by atoms with Gasteiger partial charge in [0.2, 0.25) is 0 Å². The summed E-state index contributed by atoms with van der Waals surface area (Å²) in [5, 5.41) is 4.63. The number of oxime groups is 1. The second-order valence-electron chi connectivity index (χ2n) is 7.07. The van der Waals surface area contributed by atoms with E-state index in [0.717, 1.165) is 4.61 Å². The van der Waals surface area contributed by atoms with Crippen LogP contribution >= 0.6 is 0 Å². The molecule has 0 atom stereocenters. The molecule has 1 spiro atoms. The molecule has 0 N–H and O–H groups in total. The molecule has 2 aliphatic rings. The van der Waals surface area contributed by atoms with E-state index in [0.29, 0.717) is 0 Å². The standard InChI is InChI=1S/C23H19NOSe/c1-14-12-15(2)21(16(3)13-14)22-24-25-23(26-22)19-10-6-4-8-17(19)18-9-5-7-11-20(18)23/h4-13H,1-3H3. The van der Waals surface area contributed by atoms with E-state index >= 15 is 0 Å². The van der Waals surface area contributed by atoms with Gasteiger partial charge in [0.1, 0.15) is 0 Å². The van der Waals surface area contributed by atoms with E-state index in [1.54, 1.807) is 0 Å². The Morgan fingerprint density at radius 1 is 0.808 bits per heavy atom. The first-order valence-corrected chi connectivity index (χ1v) is 10.5. The SMILES string of the molecule is Cc1cc(C)c(C2=NOC3([Se]2)c2ccccc2-c2ccccc23)c(C)c1. The van der Waals surface area contributed by atoms with E-state index < -0.39 is 4.50 Å². The summed E-state index contributed by atoms with van der Waals surface area (Å²) >= 11 is 0.0560. The van der Waals surface area contributed by atoms with Crippen molar-refractivity contribution < 1.29 is 4.84 Å². The fourth-order valence-electron chi connectivity index (χ4n) is 4.26. The quantitative estimate of drug-likeness (QED) is 0.530. The summed E-state index contributed by atoms with van der Waals surface area (Å²) in [6.45, 7) is 6.50. The van der Waals surface area contributed by atoms with Crippen LogP contribution in [0.1, 0.15) is 33.4 Å². The zero-order valence-electron chi connectivity index (χ0n) is 15.0. The van der Waals surface area contributed by atoms with Crippen LogP contribution in [0.25, 0.3) is 11.1 Å².